The molecule has 5 nitrogen and oxygen atoms in total. The minimum absolute atomic E-state index is 0.00894. The van der Waals surface area contributed by atoms with E-state index in [1.54, 1.807) is 12.4 Å². The summed E-state index contributed by atoms with van der Waals surface area (Å²) in [5, 5.41) is 0. The van der Waals surface area contributed by atoms with Crippen LogP contribution in [0.3, 0.4) is 0 Å². The topological polar surface area (TPSA) is 50.5 Å². The summed E-state index contributed by atoms with van der Waals surface area (Å²) in [6, 6.07) is 7.79. The fourth-order valence-corrected chi connectivity index (χ4v) is 3.10. The zero-order valence-electron chi connectivity index (χ0n) is 13.7. The van der Waals surface area contributed by atoms with Gasteiger partial charge >= 0.3 is 0 Å². The van der Waals surface area contributed by atoms with Gasteiger partial charge in [0.05, 0.1) is 5.69 Å². The molecule has 0 unspecified atom stereocenters. The van der Waals surface area contributed by atoms with Crippen molar-refractivity contribution in [1.29, 1.82) is 0 Å². The summed E-state index contributed by atoms with van der Waals surface area (Å²) in [6.07, 6.45) is 6.25. The van der Waals surface area contributed by atoms with E-state index in [0.717, 1.165) is 22.2 Å². The lowest BCUT2D eigenvalue weighted by Gasteiger charge is -2.21. The number of amides is 1. The Morgan fingerprint density at radius 3 is 2.71 bits per heavy atom. The predicted molar refractivity (Wildman–Crippen MR) is 97.1 cm³/mol. The molecular weight excluding hydrogens is 368 g/mol. The number of imidazole rings is 1. The van der Waals surface area contributed by atoms with E-state index in [4.69, 9.17) is 0 Å². The Bertz CT molecular complexity index is 860. The Hall–Kier alpha value is -2.21. The van der Waals surface area contributed by atoms with Crippen molar-refractivity contribution in [2.24, 2.45) is 0 Å². The van der Waals surface area contributed by atoms with E-state index in [9.17, 15) is 4.79 Å². The van der Waals surface area contributed by atoms with Crippen LogP contribution in [0.1, 0.15) is 28.7 Å². The van der Waals surface area contributed by atoms with Crippen LogP contribution in [0.5, 0.6) is 0 Å². The average Bonchev–Trinajstić information content (AvgIpc) is 2.91. The van der Waals surface area contributed by atoms with Crippen LogP contribution in [0, 0.1) is 6.92 Å². The van der Waals surface area contributed by atoms with E-state index in [0.29, 0.717) is 18.8 Å². The van der Waals surface area contributed by atoms with Crippen LogP contribution in [0.4, 0.5) is 0 Å². The van der Waals surface area contributed by atoms with Gasteiger partial charge in [-0.25, -0.2) is 4.98 Å². The number of aryl methyl sites for hydroxylation is 1. The van der Waals surface area contributed by atoms with Crippen LogP contribution < -0.4 is 0 Å². The number of halogens is 1. The molecule has 0 saturated carbocycles. The van der Waals surface area contributed by atoms with Gasteiger partial charge in [-0.3, -0.25) is 14.2 Å². The van der Waals surface area contributed by atoms with Gasteiger partial charge in [0.2, 0.25) is 0 Å². The molecule has 0 aliphatic rings. The zero-order valence-corrected chi connectivity index (χ0v) is 15.3. The van der Waals surface area contributed by atoms with Crippen molar-refractivity contribution >= 4 is 27.5 Å². The fraction of sp³-hybridized carbons (Fsp3) is 0.278. The third-order valence-electron chi connectivity index (χ3n) is 4.05. The molecule has 0 atom stereocenters. The third-order valence-corrected chi connectivity index (χ3v) is 4.52. The summed E-state index contributed by atoms with van der Waals surface area (Å²) < 4.78 is 2.78. The molecule has 3 aromatic heterocycles. The monoisotopic (exact) mass is 386 g/mol. The Morgan fingerprint density at radius 2 is 2.00 bits per heavy atom. The van der Waals surface area contributed by atoms with Crippen molar-refractivity contribution in [3.05, 3.63) is 64.3 Å². The molecule has 6 heteroatoms. The van der Waals surface area contributed by atoms with Crippen LogP contribution in [0.15, 0.2) is 47.3 Å². The second kappa shape index (κ2) is 7.13. The third kappa shape index (κ3) is 3.33. The van der Waals surface area contributed by atoms with Gasteiger partial charge < -0.3 is 4.90 Å². The summed E-state index contributed by atoms with van der Waals surface area (Å²) in [6.45, 7) is 5.20. The molecule has 3 aromatic rings. The first-order valence-electron chi connectivity index (χ1n) is 7.92. The summed E-state index contributed by atoms with van der Waals surface area (Å²) in [7, 11) is 0. The van der Waals surface area contributed by atoms with E-state index in [-0.39, 0.29) is 5.91 Å². The number of nitrogens with zero attached hydrogens (tertiary/aromatic N) is 4. The van der Waals surface area contributed by atoms with Crippen LogP contribution >= 0.6 is 15.9 Å². The Balaban J connectivity index is 1.86. The van der Waals surface area contributed by atoms with Gasteiger partial charge in [0.25, 0.3) is 5.91 Å². The van der Waals surface area contributed by atoms with E-state index in [1.165, 1.54) is 5.56 Å². The lowest BCUT2D eigenvalue weighted by atomic mass is 10.2. The highest BCUT2D eigenvalue weighted by Crippen LogP contribution is 2.18. The second-order valence-corrected chi connectivity index (χ2v) is 6.53. The van der Waals surface area contributed by atoms with Gasteiger partial charge in [-0.05, 0) is 66.0 Å². The maximum atomic E-state index is 13.0. The molecule has 0 bridgehead atoms. The number of hydrogen-bond acceptors (Lipinski definition) is 3. The lowest BCUT2D eigenvalue weighted by Crippen LogP contribution is -2.34. The van der Waals surface area contributed by atoms with Crippen molar-refractivity contribution in [3.8, 4) is 0 Å². The van der Waals surface area contributed by atoms with Crippen LogP contribution in [0.2, 0.25) is 0 Å². The SMILES string of the molecule is CCN(CCc1ccncc1)C(=O)c1c(C)nc2ccc(Br)cn12. The lowest BCUT2D eigenvalue weighted by molar-refractivity contribution is 0.0758. The highest BCUT2D eigenvalue weighted by Gasteiger charge is 2.21. The number of hydrogen-bond donors (Lipinski definition) is 0. The minimum atomic E-state index is 0.00894. The Morgan fingerprint density at radius 1 is 1.25 bits per heavy atom. The molecule has 0 N–H and O–H groups in total. The van der Waals surface area contributed by atoms with E-state index in [1.807, 2.05) is 53.6 Å². The normalized spacial score (nSPS) is 11.0. The van der Waals surface area contributed by atoms with Crippen LogP contribution in [-0.4, -0.2) is 38.3 Å². The van der Waals surface area contributed by atoms with Gasteiger partial charge in [-0.2, -0.15) is 0 Å². The zero-order chi connectivity index (χ0) is 17.1. The first-order chi connectivity index (χ1) is 11.6. The Kier molecular flexibility index (Phi) is 4.94. The van der Waals surface area contributed by atoms with Crippen LogP contribution in [0.25, 0.3) is 5.65 Å². The smallest absolute Gasteiger partial charge is 0.272 e. The minimum Gasteiger partial charge on any atom is -0.337 e. The quantitative estimate of drug-likeness (QED) is 0.673. The first kappa shape index (κ1) is 16.6. The van der Waals surface area contributed by atoms with Crippen molar-refractivity contribution in [3.63, 3.8) is 0 Å². The molecular formula is C18H19BrN4O. The summed E-state index contributed by atoms with van der Waals surface area (Å²) in [5.41, 5.74) is 3.33. The molecule has 3 rings (SSSR count). The molecule has 0 aromatic carbocycles. The largest absolute Gasteiger partial charge is 0.337 e. The highest BCUT2D eigenvalue weighted by molar-refractivity contribution is 9.10. The molecule has 0 spiro atoms. The van der Waals surface area contributed by atoms with Crippen molar-refractivity contribution in [1.82, 2.24) is 19.3 Å². The maximum absolute atomic E-state index is 13.0. The molecule has 24 heavy (non-hydrogen) atoms. The first-order valence-corrected chi connectivity index (χ1v) is 8.72. The maximum Gasteiger partial charge on any atom is 0.272 e. The molecule has 0 aliphatic carbocycles. The molecule has 1 amide bonds. The summed E-state index contributed by atoms with van der Waals surface area (Å²) in [4.78, 5) is 23.4. The van der Waals surface area contributed by atoms with Gasteiger partial charge in [0.15, 0.2) is 0 Å². The number of likely N-dealkylation sites (N-methyl/N-ethyl adjacent to an activating group) is 1. The number of carbonyl (C=O) groups is 1. The van der Waals surface area contributed by atoms with Gasteiger partial charge in [0, 0.05) is 36.2 Å². The van der Waals surface area contributed by atoms with Gasteiger partial charge in [0.1, 0.15) is 11.3 Å². The van der Waals surface area contributed by atoms with E-state index < -0.39 is 0 Å². The van der Waals surface area contributed by atoms with Crippen molar-refractivity contribution in [2.45, 2.75) is 20.3 Å². The fourth-order valence-electron chi connectivity index (χ4n) is 2.76. The summed E-state index contributed by atoms with van der Waals surface area (Å²) in [5.74, 6) is 0.00894. The molecule has 3 heterocycles. The molecule has 0 radical (unpaired) electrons. The number of pyridine rings is 2. The number of fused-ring (bicyclic) bond motifs is 1. The van der Waals surface area contributed by atoms with Crippen molar-refractivity contribution in [2.75, 3.05) is 13.1 Å². The molecule has 0 saturated heterocycles. The summed E-state index contributed by atoms with van der Waals surface area (Å²) >= 11 is 3.46. The van der Waals surface area contributed by atoms with E-state index >= 15 is 0 Å². The number of rotatable bonds is 5. The van der Waals surface area contributed by atoms with Gasteiger partial charge in [-0.1, -0.05) is 0 Å². The van der Waals surface area contributed by atoms with Crippen molar-refractivity contribution < 1.29 is 4.79 Å². The average molecular weight is 387 g/mol. The standard InChI is InChI=1S/C18H19BrN4O/c1-3-22(11-8-14-6-9-20-10-7-14)18(24)17-13(2)21-16-5-4-15(19)12-23(16)17/h4-7,9-10,12H,3,8,11H2,1-2H3. The van der Waals surface area contributed by atoms with Gasteiger partial charge in [-0.15, -0.1) is 0 Å². The highest BCUT2D eigenvalue weighted by atomic mass is 79.9. The van der Waals surface area contributed by atoms with E-state index in [2.05, 4.69) is 25.9 Å². The predicted octanol–water partition coefficient (Wildman–Crippen LogP) is 3.51. The Labute approximate surface area is 149 Å². The molecule has 0 fully saturated rings. The number of carbonyl (C=O) groups excluding carboxylic acids is 1. The van der Waals surface area contributed by atoms with Crippen LogP contribution in [-0.2, 0) is 6.42 Å². The number of aromatic nitrogens is 3. The second-order valence-electron chi connectivity index (χ2n) is 5.61. The molecule has 124 valence electrons. The molecule has 0 aliphatic heterocycles.